The molecule has 0 unspecified atom stereocenters. The van der Waals surface area contributed by atoms with Gasteiger partial charge in [-0.05, 0) is 97.2 Å². The topological polar surface area (TPSA) is 77.0 Å². The average molecular weight is 901 g/mol. The van der Waals surface area contributed by atoms with Crippen LogP contribution in [0.15, 0.2) is 132 Å². The van der Waals surface area contributed by atoms with Crippen molar-refractivity contribution in [2.45, 2.75) is 106 Å². The molecule has 0 bridgehead atoms. The summed E-state index contributed by atoms with van der Waals surface area (Å²) in [7, 11) is 0. The van der Waals surface area contributed by atoms with Crippen LogP contribution in [0.1, 0.15) is 106 Å². The predicted molar refractivity (Wildman–Crippen MR) is 282 cm³/mol. The number of nitrogens with zero attached hydrogens (tertiary/aromatic N) is 4. The number of aromatic nitrogens is 4. The Morgan fingerprint density at radius 1 is 0.597 bits per heavy atom. The summed E-state index contributed by atoms with van der Waals surface area (Å²) in [5.74, 6) is 1.91. The van der Waals surface area contributed by atoms with Gasteiger partial charge in [0, 0.05) is 28.7 Å². The molecule has 0 saturated carbocycles. The molecule has 0 aliphatic heterocycles. The number of rotatable bonds is 6. The van der Waals surface area contributed by atoms with Gasteiger partial charge in [0.15, 0.2) is 5.58 Å². The van der Waals surface area contributed by atoms with Crippen LogP contribution in [-0.4, -0.2) is 24.6 Å². The van der Waals surface area contributed by atoms with E-state index < -0.39 is 0 Å². The fraction of sp³-hybridized carbons (Fsp3) is 0.283. The number of imidazole rings is 1. The summed E-state index contributed by atoms with van der Waals surface area (Å²) >= 11 is 1.69. The van der Waals surface area contributed by atoms with Gasteiger partial charge in [0.1, 0.15) is 29.2 Å². The van der Waals surface area contributed by atoms with Crippen molar-refractivity contribution in [3.8, 4) is 56.3 Å². The number of thiophene rings is 1. The van der Waals surface area contributed by atoms with Crippen LogP contribution in [0.4, 0.5) is 0 Å². The highest BCUT2D eigenvalue weighted by atomic mass is 32.1. The summed E-state index contributed by atoms with van der Waals surface area (Å²) in [6.45, 7) is 26.7. The molecule has 10 rings (SSSR count). The number of fused-ring (bicyclic) bond motifs is 5. The van der Waals surface area contributed by atoms with E-state index >= 15 is 0 Å². The van der Waals surface area contributed by atoms with Gasteiger partial charge in [0.25, 0.3) is 0 Å². The first-order chi connectivity index (χ1) is 31.6. The monoisotopic (exact) mass is 900 g/mol. The first-order valence-electron chi connectivity index (χ1n) is 23.4. The number of aromatic hydroxyl groups is 1. The smallest absolute Gasteiger partial charge is 0.171 e. The molecule has 7 heteroatoms. The molecule has 1 N–H and O–H groups in total. The van der Waals surface area contributed by atoms with Crippen molar-refractivity contribution < 1.29 is 9.52 Å². The molecule has 4 heterocycles. The van der Waals surface area contributed by atoms with Gasteiger partial charge in [-0.3, -0.25) is 4.57 Å². The van der Waals surface area contributed by atoms with Gasteiger partial charge in [0.05, 0.1) is 37.4 Å². The van der Waals surface area contributed by atoms with Crippen molar-refractivity contribution >= 4 is 53.6 Å². The number of hydrogen-bond donors (Lipinski definition) is 1. The lowest BCUT2D eigenvalue weighted by atomic mass is 9.79. The Hall–Kier alpha value is -6.57. The maximum Gasteiger partial charge on any atom is 0.171 e. The summed E-state index contributed by atoms with van der Waals surface area (Å²) in [5.41, 5.74) is 14.0. The van der Waals surface area contributed by atoms with Crippen LogP contribution in [0.2, 0.25) is 0 Å². The minimum absolute atomic E-state index is 0.0839. The van der Waals surface area contributed by atoms with Crippen LogP contribution in [0, 0.1) is 5.41 Å². The van der Waals surface area contributed by atoms with Gasteiger partial charge in [-0.2, -0.15) is 0 Å². The summed E-state index contributed by atoms with van der Waals surface area (Å²) in [6, 6.07) is 43.6. The largest absolute Gasteiger partial charge is 0.507 e. The Bertz CT molecular complexity index is 3540. The molecule has 0 fully saturated rings. The van der Waals surface area contributed by atoms with Crippen molar-refractivity contribution in [3.05, 3.63) is 150 Å². The van der Waals surface area contributed by atoms with Crippen molar-refractivity contribution in [2.24, 2.45) is 5.41 Å². The summed E-state index contributed by atoms with van der Waals surface area (Å²) in [5, 5.41) is 14.8. The summed E-state index contributed by atoms with van der Waals surface area (Å²) in [4.78, 5) is 15.5. The number of phenolic OH excluding ortho intramolecular Hbond substituents is 1. The van der Waals surface area contributed by atoms with Gasteiger partial charge in [-0.25, -0.2) is 15.0 Å². The molecule has 4 aromatic heterocycles. The van der Waals surface area contributed by atoms with E-state index in [9.17, 15) is 5.11 Å². The zero-order valence-corrected chi connectivity index (χ0v) is 41.7. The Morgan fingerprint density at radius 3 is 2.03 bits per heavy atom. The Kier molecular flexibility index (Phi) is 10.4. The molecule has 0 radical (unpaired) electrons. The van der Waals surface area contributed by atoms with E-state index in [0.717, 1.165) is 105 Å². The van der Waals surface area contributed by atoms with Crippen LogP contribution in [-0.2, 0) is 22.7 Å². The van der Waals surface area contributed by atoms with Crippen LogP contribution in [0.25, 0.3) is 92.9 Å². The van der Waals surface area contributed by atoms with Crippen LogP contribution < -0.4 is 0 Å². The molecule has 6 aromatic carbocycles. The average Bonchev–Trinajstić information content (AvgIpc) is 3.95. The second-order valence-electron chi connectivity index (χ2n) is 22.6. The second kappa shape index (κ2) is 15.8. The van der Waals surface area contributed by atoms with Crippen LogP contribution in [0.5, 0.6) is 5.75 Å². The molecule has 338 valence electrons. The zero-order chi connectivity index (χ0) is 47.4. The van der Waals surface area contributed by atoms with E-state index in [1.165, 1.54) is 5.56 Å². The number of phenols is 1. The van der Waals surface area contributed by atoms with E-state index in [2.05, 4.69) is 209 Å². The molecule has 0 spiro atoms. The van der Waals surface area contributed by atoms with Gasteiger partial charge in [0.2, 0.25) is 0 Å². The third-order valence-corrected chi connectivity index (χ3v) is 14.1. The quantitative estimate of drug-likeness (QED) is 0.180. The van der Waals surface area contributed by atoms with Crippen LogP contribution in [0.3, 0.4) is 0 Å². The molecule has 6 nitrogen and oxygen atoms in total. The molecule has 0 amide bonds. The minimum Gasteiger partial charge on any atom is -0.507 e. The fourth-order valence-corrected chi connectivity index (χ4v) is 10.6. The van der Waals surface area contributed by atoms with Crippen molar-refractivity contribution in [1.29, 1.82) is 0 Å². The Morgan fingerprint density at radius 2 is 1.31 bits per heavy atom. The molecule has 10 aromatic rings. The lowest BCUT2D eigenvalue weighted by Gasteiger charge is -2.28. The zero-order valence-electron chi connectivity index (χ0n) is 40.9. The van der Waals surface area contributed by atoms with E-state index in [4.69, 9.17) is 19.4 Å². The van der Waals surface area contributed by atoms with E-state index in [1.54, 1.807) is 17.7 Å². The maximum absolute atomic E-state index is 12.6. The highest BCUT2D eigenvalue weighted by Gasteiger charge is 2.30. The maximum atomic E-state index is 12.6. The Balaban J connectivity index is 1.28. The predicted octanol–water partition coefficient (Wildman–Crippen LogP) is 16.8. The van der Waals surface area contributed by atoms with Gasteiger partial charge < -0.3 is 9.52 Å². The highest BCUT2D eigenvalue weighted by molar-refractivity contribution is 7.26. The van der Waals surface area contributed by atoms with E-state index in [0.29, 0.717) is 11.4 Å². The fourth-order valence-electron chi connectivity index (χ4n) is 9.49. The third kappa shape index (κ3) is 8.01. The van der Waals surface area contributed by atoms with Crippen LogP contribution >= 0.6 is 11.3 Å². The molecule has 0 atom stereocenters. The normalized spacial score (nSPS) is 12.9. The minimum atomic E-state index is -0.336. The SMILES string of the molecule is CC(C)(C)Cc1cc2sc3c(-c4cc(-c5cccc6c5nc(-c5cc(C(C)(C)C)cc(C(C)(C)C)c5O)n6-c5ccc(C(C)(C)C)cc5-c5ccccc5)c5ccccc5c4)ncnc3c2o1. The summed E-state index contributed by atoms with van der Waals surface area (Å²) in [6.07, 6.45) is 2.51. The molecular weight excluding hydrogens is 841 g/mol. The molecular formula is C60H60N4O2S. The van der Waals surface area contributed by atoms with Gasteiger partial charge >= 0.3 is 0 Å². The molecule has 0 aliphatic rings. The van der Waals surface area contributed by atoms with E-state index in [-0.39, 0.29) is 27.4 Å². The molecule has 67 heavy (non-hydrogen) atoms. The lowest BCUT2D eigenvalue weighted by molar-refractivity contribution is 0.371. The number of furan rings is 1. The lowest BCUT2D eigenvalue weighted by Crippen LogP contribution is -2.17. The van der Waals surface area contributed by atoms with Crippen molar-refractivity contribution in [2.75, 3.05) is 0 Å². The van der Waals surface area contributed by atoms with Gasteiger partial charge in [-0.1, -0.05) is 162 Å². The highest BCUT2D eigenvalue weighted by Crippen LogP contribution is 2.47. The number of para-hydroxylation sites is 1. The third-order valence-electron chi connectivity index (χ3n) is 13.0. The molecule has 0 saturated heterocycles. The first kappa shape index (κ1) is 44.3. The van der Waals surface area contributed by atoms with E-state index in [1.807, 2.05) is 0 Å². The van der Waals surface area contributed by atoms with Crippen molar-refractivity contribution in [1.82, 2.24) is 19.5 Å². The van der Waals surface area contributed by atoms with Gasteiger partial charge in [-0.15, -0.1) is 11.3 Å². The molecule has 0 aliphatic carbocycles. The summed E-state index contributed by atoms with van der Waals surface area (Å²) < 4.78 is 10.9. The number of benzene rings is 6. The second-order valence-corrected chi connectivity index (χ2v) is 23.7. The standard InChI is InChI=1S/C60H60N4O2S/c1-57(2,3)33-40-32-49-54(66-40)52-55(67-49)50(61-34-62-52)37-27-36-21-16-17-22-41(36)44(28-37)42-23-18-24-48-51(42)63-56(45-30-39(59(7,8)9)31-46(53(45)65)60(10,11)12)64(48)47-26-25-38(58(4,5)6)29-43(47)35-19-14-13-15-20-35/h13-32,34,65H,33H2,1-12H3. The van der Waals surface area contributed by atoms with Crippen molar-refractivity contribution in [3.63, 3.8) is 0 Å². The first-order valence-corrected chi connectivity index (χ1v) is 24.3. The number of hydrogen-bond acceptors (Lipinski definition) is 6. The Labute approximate surface area is 398 Å².